The Balaban J connectivity index is 2.09. The van der Waals surface area contributed by atoms with Crippen molar-refractivity contribution in [3.05, 3.63) is 0 Å². The van der Waals surface area contributed by atoms with Crippen LogP contribution in [0.2, 0.25) is 0 Å². The fourth-order valence-corrected chi connectivity index (χ4v) is 3.58. The maximum Gasteiger partial charge on any atom is 0.239 e. The van der Waals surface area contributed by atoms with Gasteiger partial charge in [-0.15, -0.1) is 0 Å². The normalized spacial score (nSPS) is 30.0. The number of hydrogen-bond acceptors (Lipinski definition) is 4. The third-order valence-corrected chi connectivity index (χ3v) is 5.11. The molecule has 0 aromatic carbocycles. The molecule has 1 aliphatic heterocycles. The van der Waals surface area contributed by atoms with Gasteiger partial charge in [0.05, 0.1) is 5.60 Å². The Morgan fingerprint density at radius 2 is 2.24 bits per heavy atom. The van der Waals surface area contributed by atoms with Crippen LogP contribution in [0.1, 0.15) is 46.0 Å². The lowest BCUT2D eigenvalue weighted by Gasteiger charge is -2.44. The van der Waals surface area contributed by atoms with E-state index in [4.69, 9.17) is 10.5 Å². The van der Waals surface area contributed by atoms with Crippen LogP contribution in [-0.4, -0.2) is 55.2 Å². The maximum absolute atomic E-state index is 12.2. The summed E-state index contributed by atoms with van der Waals surface area (Å²) in [5.74, 6) is 0.209. The molecule has 2 rings (SSSR count). The van der Waals surface area contributed by atoms with Gasteiger partial charge in [-0.2, -0.15) is 0 Å². The standard InChI is InChI=1S/C16H31N3O2/c1-4-9-18-16(14(17)20,13-6-7-13)12-19-10-5-8-15(2,11-19)21-3/h13,18H,4-12H2,1-3H3,(H2,17,20). The fraction of sp³-hybridized carbons (Fsp3) is 0.938. The number of ether oxygens (including phenoxy) is 1. The number of primary amides is 1. The zero-order valence-corrected chi connectivity index (χ0v) is 13.8. The molecule has 1 aliphatic carbocycles. The second-order valence-electron chi connectivity index (χ2n) is 7.00. The maximum atomic E-state index is 12.2. The van der Waals surface area contributed by atoms with Crippen LogP contribution in [0.4, 0.5) is 0 Å². The molecular formula is C16H31N3O2. The lowest BCUT2D eigenvalue weighted by atomic mass is 9.88. The Hall–Kier alpha value is -0.650. The largest absolute Gasteiger partial charge is 0.377 e. The van der Waals surface area contributed by atoms with E-state index in [1.165, 1.54) is 0 Å². The van der Waals surface area contributed by atoms with E-state index in [0.29, 0.717) is 12.5 Å². The number of nitrogens with zero attached hydrogens (tertiary/aromatic N) is 1. The van der Waals surface area contributed by atoms with Crippen molar-refractivity contribution in [3.63, 3.8) is 0 Å². The van der Waals surface area contributed by atoms with E-state index in [2.05, 4.69) is 24.1 Å². The summed E-state index contributed by atoms with van der Waals surface area (Å²) >= 11 is 0. The number of rotatable bonds is 8. The number of carbonyl (C=O) groups is 1. The number of amides is 1. The molecule has 0 aromatic heterocycles. The van der Waals surface area contributed by atoms with Crippen molar-refractivity contribution in [3.8, 4) is 0 Å². The van der Waals surface area contributed by atoms with Crippen LogP contribution < -0.4 is 11.1 Å². The Bertz CT molecular complexity index is 373. The zero-order valence-electron chi connectivity index (χ0n) is 13.8. The minimum atomic E-state index is -0.554. The van der Waals surface area contributed by atoms with Crippen LogP contribution in [0, 0.1) is 5.92 Å². The highest BCUT2D eigenvalue weighted by Gasteiger charge is 2.51. The quantitative estimate of drug-likeness (QED) is 0.704. The van der Waals surface area contributed by atoms with Gasteiger partial charge < -0.3 is 15.8 Å². The number of likely N-dealkylation sites (tertiary alicyclic amines) is 1. The molecule has 2 atom stereocenters. The van der Waals surface area contributed by atoms with Crippen LogP contribution in [-0.2, 0) is 9.53 Å². The molecule has 0 aromatic rings. The molecule has 0 spiro atoms. The van der Waals surface area contributed by atoms with E-state index < -0.39 is 5.54 Å². The third-order valence-electron chi connectivity index (χ3n) is 5.11. The van der Waals surface area contributed by atoms with Crippen LogP contribution in [0.3, 0.4) is 0 Å². The second-order valence-corrected chi connectivity index (χ2v) is 7.00. The first kappa shape index (κ1) is 16.7. The van der Waals surface area contributed by atoms with Crippen LogP contribution >= 0.6 is 0 Å². The molecule has 3 N–H and O–H groups in total. The summed E-state index contributed by atoms with van der Waals surface area (Å²) in [4.78, 5) is 14.6. The number of methoxy groups -OCH3 is 1. The average molecular weight is 297 g/mol. The summed E-state index contributed by atoms with van der Waals surface area (Å²) < 4.78 is 5.66. The van der Waals surface area contributed by atoms with Gasteiger partial charge in [0.2, 0.25) is 5.91 Å². The van der Waals surface area contributed by atoms with Gasteiger partial charge in [-0.25, -0.2) is 0 Å². The van der Waals surface area contributed by atoms with Crippen molar-refractivity contribution in [2.45, 2.75) is 57.1 Å². The molecule has 5 nitrogen and oxygen atoms in total. The molecule has 1 heterocycles. The smallest absolute Gasteiger partial charge is 0.239 e. The van der Waals surface area contributed by atoms with Crippen molar-refractivity contribution < 1.29 is 9.53 Å². The van der Waals surface area contributed by atoms with E-state index >= 15 is 0 Å². The predicted molar refractivity (Wildman–Crippen MR) is 84.0 cm³/mol. The highest BCUT2D eigenvalue weighted by atomic mass is 16.5. The summed E-state index contributed by atoms with van der Waals surface area (Å²) in [5.41, 5.74) is 5.16. The lowest BCUT2D eigenvalue weighted by molar-refractivity contribution is -0.127. The third kappa shape index (κ3) is 3.76. The Morgan fingerprint density at radius 1 is 1.52 bits per heavy atom. The van der Waals surface area contributed by atoms with E-state index in [-0.39, 0.29) is 11.5 Å². The molecule has 1 saturated carbocycles. The summed E-state index contributed by atoms with van der Waals surface area (Å²) in [7, 11) is 1.78. The Labute approximate surface area is 128 Å². The molecule has 21 heavy (non-hydrogen) atoms. The number of nitrogens with two attached hydrogens (primary N) is 1. The van der Waals surface area contributed by atoms with Gasteiger partial charge >= 0.3 is 0 Å². The van der Waals surface area contributed by atoms with Gasteiger partial charge in [0, 0.05) is 20.2 Å². The molecule has 122 valence electrons. The highest BCUT2D eigenvalue weighted by molar-refractivity contribution is 5.86. The topological polar surface area (TPSA) is 67.6 Å². The second kappa shape index (κ2) is 6.63. The lowest BCUT2D eigenvalue weighted by Crippen LogP contribution is -2.65. The first-order valence-corrected chi connectivity index (χ1v) is 8.28. The van der Waals surface area contributed by atoms with E-state index in [1.54, 1.807) is 7.11 Å². The summed E-state index contributed by atoms with van der Waals surface area (Å²) in [6.45, 7) is 7.73. The monoisotopic (exact) mass is 297 g/mol. The molecule has 0 bridgehead atoms. The minimum absolute atomic E-state index is 0.101. The first-order chi connectivity index (χ1) is 9.96. The number of piperidine rings is 1. The summed E-state index contributed by atoms with van der Waals surface area (Å²) in [5, 5.41) is 3.48. The minimum Gasteiger partial charge on any atom is -0.377 e. The molecule has 1 amide bonds. The average Bonchev–Trinajstić information content (AvgIpc) is 3.28. The van der Waals surface area contributed by atoms with Gasteiger partial charge in [0.1, 0.15) is 5.54 Å². The molecule has 1 saturated heterocycles. The van der Waals surface area contributed by atoms with Crippen molar-refractivity contribution in [2.24, 2.45) is 11.7 Å². The molecule has 2 unspecified atom stereocenters. The summed E-state index contributed by atoms with van der Waals surface area (Å²) in [6, 6.07) is 0. The Kier molecular flexibility index (Phi) is 5.28. The zero-order chi connectivity index (χ0) is 15.5. The molecule has 2 fully saturated rings. The van der Waals surface area contributed by atoms with Gasteiger partial charge in [0.15, 0.2) is 0 Å². The van der Waals surface area contributed by atoms with Crippen LogP contribution in [0.15, 0.2) is 0 Å². The van der Waals surface area contributed by atoms with Crippen molar-refractivity contribution in [1.29, 1.82) is 0 Å². The van der Waals surface area contributed by atoms with Gasteiger partial charge in [0.25, 0.3) is 0 Å². The number of nitrogens with one attached hydrogen (secondary N) is 1. The van der Waals surface area contributed by atoms with E-state index in [0.717, 1.165) is 51.7 Å². The molecule has 0 radical (unpaired) electrons. The van der Waals surface area contributed by atoms with Gasteiger partial charge in [-0.05, 0) is 58.0 Å². The van der Waals surface area contributed by atoms with Gasteiger partial charge in [-0.3, -0.25) is 9.69 Å². The van der Waals surface area contributed by atoms with E-state index in [1.807, 2.05) is 0 Å². The number of hydrogen-bond donors (Lipinski definition) is 2. The fourth-order valence-electron chi connectivity index (χ4n) is 3.58. The summed E-state index contributed by atoms with van der Waals surface area (Å²) in [6.07, 6.45) is 5.41. The molecule has 5 heteroatoms. The van der Waals surface area contributed by atoms with Gasteiger partial charge in [-0.1, -0.05) is 6.92 Å². The van der Waals surface area contributed by atoms with Crippen LogP contribution in [0.25, 0.3) is 0 Å². The van der Waals surface area contributed by atoms with Crippen molar-refractivity contribution >= 4 is 5.91 Å². The Morgan fingerprint density at radius 3 is 2.76 bits per heavy atom. The van der Waals surface area contributed by atoms with E-state index in [9.17, 15) is 4.79 Å². The predicted octanol–water partition coefficient (Wildman–Crippen LogP) is 1.12. The SMILES string of the molecule is CCCNC(CN1CCCC(C)(OC)C1)(C(N)=O)C1CC1. The molecular weight excluding hydrogens is 266 g/mol. The number of carbonyl (C=O) groups excluding carboxylic acids is 1. The van der Waals surface area contributed by atoms with Crippen molar-refractivity contribution in [2.75, 3.05) is 33.3 Å². The molecule has 2 aliphatic rings. The van der Waals surface area contributed by atoms with Crippen molar-refractivity contribution in [1.82, 2.24) is 10.2 Å². The first-order valence-electron chi connectivity index (χ1n) is 8.28. The highest BCUT2D eigenvalue weighted by Crippen LogP contribution is 2.41. The van der Waals surface area contributed by atoms with Crippen LogP contribution in [0.5, 0.6) is 0 Å².